The van der Waals surface area contributed by atoms with Crippen LogP contribution in [0.15, 0.2) is 12.2 Å². The van der Waals surface area contributed by atoms with Gasteiger partial charge in [-0.05, 0) is 24.7 Å². The molecule has 0 N–H and O–H groups in total. The van der Waals surface area contributed by atoms with Crippen molar-refractivity contribution in [1.82, 2.24) is 0 Å². The molecule has 0 nitrogen and oxygen atoms in total. The van der Waals surface area contributed by atoms with Gasteiger partial charge in [0, 0.05) is 0 Å². The fourth-order valence-corrected chi connectivity index (χ4v) is 1.35. The highest BCUT2D eigenvalue weighted by molar-refractivity contribution is 4.92. The van der Waals surface area contributed by atoms with Crippen molar-refractivity contribution in [2.75, 3.05) is 0 Å². The maximum absolute atomic E-state index is 2.32. The molecule has 1 rings (SSSR count). The Hall–Kier alpha value is -0.260. The maximum atomic E-state index is 2.32. The second-order valence-electron chi connectivity index (χ2n) is 2.98. The van der Waals surface area contributed by atoms with Gasteiger partial charge in [0.2, 0.25) is 0 Å². The first-order valence-electron chi connectivity index (χ1n) is 4.45. The summed E-state index contributed by atoms with van der Waals surface area (Å²) in [5.74, 6) is 1.76. The van der Waals surface area contributed by atoms with Crippen molar-refractivity contribution in [2.45, 2.75) is 40.5 Å². The normalized spacial score (nSPS) is 30.8. The standard InChI is InChI=1S/C8H14.C2H6/c1-7-4-3-5-8(2)6-7;1-2/h3-4,7-8H,5-6H2,1-2H3;1-2H3. The molecule has 0 aromatic heterocycles. The van der Waals surface area contributed by atoms with Crippen LogP contribution in [0.25, 0.3) is 0 Å². The highest BCUT2D eigenvalue weighted by Gasteiger charge is 2.08. The van der Waals surface area contributed by atoms with Crippen molar-refractivity contribution in [3.63, 3.8) is 0 Å². The summed E-state index contributed by atoms with van der Waals surface area (Å²) >= 11 is 0. The molecule has 0 radical (unpaired) electrons. The SMILES string of the molecule is CC.CC1C=CCC(C)C1. The van der Waals surface area contributed by atoms with E-state index < -0.39 is 0 Å². The lowest BCUT2D eigenvalue weighted by Crippen LogP contribution is -2.04. The first-order chi connectivity index (χ1) is 4.79. The van der Waals surface area contributed by atoms with Crippen LogP contribution in [-0.4, -0.2) is 0 Å². The van der Waals surface area contributed by atoms with Crippen molar-refractivity contribution < 1.29 is 0 Å². The van der Waals surface area contributed by atoms with Gasteiger partial charge < -0.3 is 0 Å². The van der Waals surface area contributed by atoms with Gasteiger partial charge in [0.05, 0.1) is 0 Å². The van der Waals surface area contributed by atoms with Gasteiger partial charge in [0.1, 0.15) is 0 Å². The van der Waals surface area contributed by atoms with Gasteiger partial charge in [-0.2, -0.15) is 0 Å². The summed E-state index contributed by atoms with van der Waals surface area (Å²) in [6, 6.07) is 0. The second kappa shape index (κ2) is 5.52. The summed E-state index contributed by atoms with van der Waals surface area (Å²) < 4.78 is 0. The zero-order valence-corrected chi connectivity index (χ0v) is 7.72. The summed E-state index contributed by atoms with van der Waals surface area (Å²) in [5.41, 5.74) is 0. The van der Waals surface area contributed by atoms with E-state index in [4.69, 9.17) is 0 Å². The van der Waals surface area contributed by atoms with E-state index in [2.05, 4.69) is 26.0 Å². The third-order valence-electron chi connectivity index (χ3n) is 1.78. The zero-order chi connectivity index (χ0) is 7.98. The number of hydrogen-bond donors (Lipinski definition) is 0. The molecule has 0 amide bonds. The van der Waals surface area contributed by atoms with E-state index in [9.17, 15) is 0 Å². The number of hydrogen-bond acceptors (Lipinski definition) is 0. The van der Waals surface area contributed by atoms with Crippen molar-refractivity contribution in [3.8, 4) is 0 Å². The van der Waals surface area contributed by atoms with E-state index >= 15 is 0 Å². The smallest absolute Gasteiger partial charge is 0.0259 e. The maximum Gasteiger partial charge on any atom is -0.0259 e. The average molecular weight is 140 g/mol. The Morgan fingerprint density at radius 2 is 1.80 bits per heavy atom. The second-order valence-corrected chi connectivity index (χ2v) is 2.98. The van der Waals surface area contributed by atoms with E-state index in [0.29, 0.717) is 0 Å². The lowest BCUT2D eigenvalue weighted by atomic mass is 9.89. The Morgan fingerprint density at radius 3 is 2.10 bits per heavy atom. The largest absolute Gasteiger partial charge is 0.0880 e. The molecular formula is C10H20. The minimum absolute atomic E-state index is 0.832. The van der Waals surface area contributed by atoms with Crippen molar-refractivity contribution in [1.29, 1.82) is 0 Å². The fourth-order valence-electron chi connectivity index (χ4n) is 1.35. The molecule has 0 fully saturated rings. The number of allylic oxidation sites excluding steroid dienone is 2. The van der Waals surface area contributed by atoms with Crippen LogP contribution >= 0.6 is 0 Å². The Bertz CT molecular complexity index is 92.2. The molecule has 0 saturated carbocycles. The molecular weight excluding hydrogens is 120 g/mol. The average Bonchev–Trinajstić information content (AvgIpc) is 1.91. The molecule has 0 saturated heterocycles. The van der Waals surface area contributed by atoms with Gasteiger partial charge in [-0.25, -0.2) is 0 Å². The minimum atomic E-state index is 0.832. The molecule has 0 bridgehead atoms. The van der Waals surface area contributed by atoms with Crippen LogP contribution in [0, 0.1) is 11.8 Å². The molecule has 60 valence electrons. The van der Waals surface area contributed by atoms with Crippen LogP contribution in [0.5, 0.6) is 0 Å². The van der Waals surface area contributed by atoms with Crippen molar-refractivity contribution in [3.05, 3.63) is 12.2 Å². The van der Waals surface area contributed by atoms with E-state index in [0.717, 1.165) is 11.8 Å². The third kappa shape index (κ3) is 3.71. The van der Waals surface area contributed by atoms with Crippen LogP contribution in [0.4, 0.5) is 0 Å². The zero-order valence-electron chi connectivity index (χ0n) is 7.72. The van der Waals surface area contributed by atoms with Crippen LogP contribution in [0.1, 0.15) is 40.5 Å². The predicted molar refractivity (Wildman–Crippen MR) is 48.1 cm³/mol. The van der Waals surface area contributed by atoms with E-state index in [1.165, 1.54) is 12.8 Å². The first kappa shape index (κ1) is 9.74. The fraction of sp³-hybridized carbons (Fsp3) is 0.800. The summed E-state index contributed by atoms with van der Waals surface area (Å²) in [7, 11) is 0. The van der Waals surface area contributed by atoms with Crippen LogP contribution in [-0.2, 0) is 0 Å². The first-order valence-corrected chi connectivity index (χ1v) is 4.45. The minimum Gasteiger partial charge on any atom is -0.0880 e. The van der Waals surface area contributed by atoms with Gasteiger partial charge in [-0.15, -0.1) is 0 Å². The summed E-state index contributed by atoms with van der Waals surface area (Å²) in [5, 5.41) is 0. The lowest BCUT2D eigenvalue weighted by Gasteiger charge is -2.16. The van der Waals surface area contributed by atoms with Gasteiger partial charge >= 0.3 is 0 Å². The molecule has 0 heterocycles. The van der Waals surface area contributed by atoms with Crippen molar-refractivity contribution >= 4 is 0 Å². The quantitative estimate of drug-likeness (QED) is 0.451. The molecule has 1 aliphatic rings. The Labute approximate surface area is 65.3 Å². The summed E-state index contributed by atoms with van der Waals surface area (Å²) in [6.45, 7) is 8.60. The highest BCUT2D eigenvalue weighted by atomic mass is 14.1. The van der Waals surface area contributed by atoms with E-state index in [1.807, 2.05) is 13.8 Å². The van der Waals surface area contributed by atoms with Gasteiger partial charge in [-0.1, -0.05) is 39.8 Å². The molecule has 2 unspecified atom stereocenters. The molecule has 10 heavy (non-hydrogen) atoms. The molecule has 0 aromatic rings. The van der Waals surface area contributed by atoms with Crippen LogP contribution < -0.4 is 0 Å². The molecule has 0 aliphatic heterocycles. The summed E-state index contributed by atoms with van der Waals surface area (Å²) in [4.78, 5) is 0. The number of rotatable bonds is 0. The molecule has 0 heteroatoms. The monoisotopic (exact) mass is 140 g/mol. The molecule has 2 atom stereocenters. The summed E-state index contributed by atoms with van der Waals surface area (Å²) in [6.07, 6.45) is 7.31. The van der Waals surface area contributed by atoms with Crippen molar-refractivity contribution in [2.24, 2.45) is 11.8 Å². The molecule has 0 aromatic carbocycles. The highest BCUT2D eigenvalue weighted by Crippen LogP contribution is 2.21. The molecule has 1 aliphatic carbocycles. The Morgan fingerprint density at radius 1 is 1.20 bits per heavy atom. The Kier molecular flexibility index (Phi) is 5.38. The van der Waals surface area contributed by atoms with Gasteiger partial charge in [-0.3, -0.25) is 0 Å². The topological polar surface area (TPSA) is 0 Å². The van der Waals surface area contributed by atoms with E-state index in [1.54, 1.807) is 0 Å². The lowest BCUT2D eigenvalue weighted by molar-refractivity contribution is 0.449. The van der Waals surface area contributed by atoms with Crippen LogP contribution in [0.2, 0.25) is 0 Å². The van der Waals surface area contributed by atoms with E-state index in [-0.39, 0.29) is 0 Å². The Balaban J connectivity index is 0.000000371. The third-order valence-corrected chi connectivity index (χ3v) is 1.78. The van der Waals surface area contributed by atoms with Gasteiger partial charge in [0.15, 0.2) is 0 Å². The molecule has 0 spiro atoms. The van der Waals surface area contributed by atoms with Crippen LogP contribution in [0.3, 0.4) is 0 Å². The van der Waals surface area contributed by atoms with Gasteiger partial charge in [0.25, 0.3) is 0 Å². The predicted octanol–water partition coefficient (Wildman–Crippen LogP) is 3.63.